The number of hydrogen-bond donors (Lipinski definition) is 1. The van der Waals surface area contributed by atoms with Crippen LogP contribution in [0.3, 0.4) is 0 Å². The average molecular weight is 340 g/mol. The van der Waals surface area contributed by atoms with Gasteiger partial charge in [0.05, 0.1) is 12.8 Å². The first kappa shape index (κ1) is 15.8. The Morgan fingerprint density at radius 1 is 1.37 bits per heavy atom. The van der Waals surface area contributed by atoms with E-state index in [4.69, 9.17) is 4.74 Å². The molecule has 3 nitrogen and oxygen atoms in total. The minimum atomic E-state index is -4.58. The first-order valence-electron chi connectivity index (χ1n) is 5.43. The Morgan fingerprint density at radius 2 is 1.95 bits per heavy atom. The van der Waals surface area contributed by atoms with Gasteiger partial charge in [-0.25, -0.2) is 0 Å². The quantitative estimate of drug-likeness (QED) is 0.901. The molecule has 7 heteroatoms. The van der Waals surface area contributed by atoms with E-state index < -0.39 is 17.5 Å². The largest absolute Gasteiger partial charge is 0.494 e. The van der Waals surface area contributed by atoms with Gasteiger partial charge in [-0.1, -0.05) is 29.8 Å². The highest BCUT2D eigenvalue weighted by Crippen LogP contribution is 2.44. The molecule has 0 unspecified atom stereocenters. The number of alkyl halides is 3. The van der Waals surface area contributed by atoms with Gasteiger partial charge in [-0.05, 0) is 12.1 Å². The van der Waals surface area contributed by atoms with Crippen LogP contribution in [-0.2, 0) is 11.0 Å². The van der Waals surface area contributed by atoms with Crippen molar-refractivity contribution in [3.8, 4) is 5.75 Å². The van der Waals surface area contributed by atoms with E-state index in [1.165, 1.54) is 12.1 Å². The van der Waals surface area contributed by atoms with Crippen LogP contribution in [0.25, 0.3) is 0 Å². The van der Waals surface area contributed by atoms with Gasteiger partial charge in [0.25, 0.3) is 0 Å². The predicted octanol–water partition coefficient (Wildman–Crippen LogP) is 4.07. The molecule has 0 fully saturated rings. The second kappa shape index (κ2) is 5.81. The maximum atomic E-state index is 12.9. The van der Waals surface area contributed by atoms with Gasteiger partial charge in [0, 0.05) is 10.4 Å². The summed E-state index contributed by atoms with van der Waals surface area (Å²) in [5.41, 5.74) is -0.951. The van der Waals surface area contributed by atoms with E-state index in [-0.39, 0.29) is 22.0 Å². The first-order valence-corrected chi connectivity index (χ1v) is 6.22. The molecule has 0 aliphatic heterocycles. The number of anilines is 1. The Morgan fingerprint density at radius 3 is 2.37 bits per heavy atom. The Bertz CT molecular complexity index is 487. The third-order valence-electron chi connectivity index (χ3n) is 2.38. The summed E-state index contributed by atoms with van der Waals surface area (Å²) in [4.78, 5) is 11.6. The number of ether oxygens (including phenoxy) is 1. The molecule has 0 saturated heterocycles. The van der Waals surface area contributed by atoms with Gasteiger partial charge in [0.2, 0.25) is 5.91 Å². The molecule has 19 heavy (non-hydrogen) atoms. The smallest absolute Gasteiger partial charge is 0.421 e. The SMILES string of the molecule is COc1c(NC(=O)C(C)C)ccc(Br)c1C(F)(F)F. The zero-order valence-electron chi connectivity index (χ0n) is 10.6. The van der Waals surface area contributed by atoms with Gasteiger partial charge >= 0.3 is 6.18 Å². The molecular formula is C12H13BrF3NO2. The highest BCUT2D eigenvalue weighted by molar-refractivity contribution is 9.10. The maximum Gasteiger partial charge on any atom is 0.421 e. The Hall–Kier alpha value is -1.24. The van der Waals surface area contributed by atoms with Gasteiger partial charge in [-0.15, -0.1) is 0 Å². The van der Waals surface area contributed by atoms with Crippen molar-refractivity contribution in [1.29, 1.82) is 0 Å². The van der Waals surface area contributed by atoms with Crippen LogP contribution in [0, 0.1) is 5.92 Å². The lowest BCUT2D eigenvalue weighted by Gasteiger charge is -2.18. The summed E-state index contributed by atoms with van der Waals surface area (Å²) in [5, 5.41) is 2.42. The van der Waals surface area contributed by atoms with Crippen LogP contribution >= 0.6 is 15.9 Å². The van der Waals surface area contributed by atoms with Crippen LogP contribution in [0.15, 0.2) is 16.6 Å². The fourth-order valence-electron chi connectivity index (χ4n) is 1.41. The topological polar surface area (TPSA) is 38.3 Å². The van der Waals surface area contributed by atoms with Crippen LogP contribution in [0.4, 0.5) is 18.9 Å². The van der Waals surface area contributed by atoms with Crippen LogP contribution < -0.4 is 10.1 Å². The van der Waals surface area contributed by atoms with E-state index in [1.807, 2.05) is 0 Å². The van der Waals surface area contributed by atoms with Gasteiger partial charge < -0.3 is 10.1 Å². The van der Waals surface area contributed by atoms with Crippen molar-refractivity contribution in [1.82, 2.24) is 0 Å². The number of methoxy groups -OCH3 is 1. The zero-order chi connectivity index (χ0) is 14.8. The molecule has 1 rings (SSSR count). The molecule has 1 aromatic carbocycles. The molecule has 1 amide bonds. The Kier molecular flexibility index (Phi) is 4.84. The minimum Gasteiger partial charge on any atom is -0.494 e. The number of halogens is 4. The van der Waals surface area contributed by atoms with Crippen molar-refractivity contribution in [3.05, 3.63) is 22.2 Å². The number of nitrogens with one attached hydrogen (secondary N) is 1. The van der Waals surface area contributed by atoms with E-state index in [9.17, 15) is 18.0 Å². The Balaban J connectivity index is 3.32. The van der Waals surface area contributed by atoms with Crippen molar-refractivity contribution in [2.45, 2.75) is 20.0 Å². The van der Waals surface area contributed by atoms with Crippen LogP contribution in [0.1, 0.15) is 19.4 Å². The molecule has 0 bridgehead atoms. The third kappa shape index (κ3) is 3.62. The third-order valence-corrected chi connectivity index (χ3v) is 3.04. The zero-order valence-corrected chi connectivity index (χ0v) is 12.1. The number of hydrogen-bond acceptors (Lipinski definition) is 2. The molecule has 0 atom stereocenters. The van der Waals surface area contributed by atoms with E-state index in [0.717, 1.165) is 7.11 Å². The summed E-state index contributed by atoms with van der Waals surface area (Å²) < 4.78 is 43.5. The lowest BCUT2D eigenvalue weighted by Crippen LogP contribution is -2.19. The summed E-state index contributed by atoms with van der Waals surface area (Å²) in [6.07, 6.45) is -4.58. The summed E-state index contributed by atoms with van der Waals surface area (Å²) in [5.74, 6) is -1.13. The molecule has 0 spiro atoms. The van der Waals surface area contributed by atoms with Crippen molar-refractivity contribution in [3.63, 3.8) is 0 Å². The van der Waals surface area contributed by atoms with Crippen molar-refractivity contribution in [2.75, 3.05) is 12.4 Å². The van der Waals surface area contributed by atoms with Gasteiger partial charge in [-0.2, -0.15) is 13.2 Å². The molecule has 0 aromatic heterocycles. The van der Waals surface area contributed by atoms with Gasteiger partial charge in [0.1, 0.15) is 5.56 Å². The fraction of sp³-hybridized carbons (Fsp3) is 0.417. The highest BCUT2D eigenvalue weighted by atomic mass is 79.9. The molecular weight excluding hydrogens is 327 g/mol. The standard InChI is InChI=1S/C12H13BrF3NO2/c1-6(2)11(18)17-8-5-4-7(13)9(10(8)19-3)12(14,15)16/h4-6H,1-3H3,(H,17,18). The minimum absolute atomic E-state index is 0.00303. The van der Waals surface area contributed by atoms with Crippen molar-refractivity contribution < 1.29 is 22.7 Å². The normalized spacial score (nSPS) is 11.6. The van der Waals surface area contributed by atoms with E-state index in [0.29, 0.717) is 0 Å². The van der Waals surface area contributed by atoms with Crippen LogP contribution in [0.2, 0.25) is 0 Å². The predicted molar refractivity (Wildman–Crippen MR) is 69.2 cm³/mol. The number of carbonyl (C=O) groups is 1. The highest BCUT2D eigenvalue weighted by Gasteiger charge is 2.38. The van der Waals surface area contributed by atoms with Crippen molar-refractivity contribution >= 4 is 27.5 Å². The Labute approximate surface area is 117 Å². The van der Waals surface area contributed by atoms with Gasteiger partial charge in [0.15, 0.2) is 5.75 Å². The second-order valence-corrected chi connectivity index (χ2v) is 5.00. The van der Waals surface area contributed by atoms with Crippen molar-refractivity contribution in [2.24, 2.45) is 5.92 Å². The molecule has 0 heterocycles. The number of carbonyl (C=O) groups excluding carboxylic acids is 1. The van der Waals surface area contributed by atoms with E-state index >= 15 is 0 Å². The fourth-order valence-corrected chi connectivity index (χ4v) is 1.95. The second-order valence-electron chi connectivity index (χ2n) is 4.14. The maximum absolute atomic E-state index is 12.9. The molecule has 1 N–H and O–H groups in total. The van der Waals surface area contributed by atoms with E-state index in [2.05, 4.69) is 21.2 Å². The summed E-state index contributed by atoms with van der Waals surface area (Å²) >= 11 is 2.84. The lowest BCUT2D eigenvalue weighted by atomic mass is 10.1. The molecule has 0 saturated carbocycles. The van der Waals surface area contributed by atoms with E-state index in [1.54, 1.807) is 13.8 Å². The molecule has 0 aliphatic carbocycles. The first-order chi connectivity index (χ1) is 8.68. The summed E-state index contributed by atoms with van der Waals surface area (Å²) in [6.45, 7) is 3.29. The number of benzene rings is 1. The summed E-state index contributed by atoms with van der Waals surface area (Å²) in [6, 6.07) is 2.58. The summed E-state index contributed by atoms with van der Waals surface area (Å²) in [7, 11) is 1.13. The molecule has 106 valence electrons. The van der Waals surface area contributed by atoms with Crippen LogP contribution in [-0.4, -0.2) is 13.0 Å². The monoisotopic (exact) mass is 339 g/mol. The average Bonchev–Trinajstić information content (AvgIpc) is 2.28. The van der Waals surface area contributed by atoms with Crippen LogP contribution in [0.5, 0.6) is 5.75 Å². The molecule has 1 aromatic rings. The molecule has 0 radical (unpaired) electrons. The van der Waals surface area contributed by atoms with Gasteiger partial charge in [-0.3, -0.25) is 4.79 Å². The lowest BCUT2D eigenvalue weighted by molar-refractivity contribution is -0.139. The number of rotatable bonds is 3. The molecule has 0 aliphatic rings. The number of amides is 1.